The minimum Gasteiger partial charge on any atom is -0.384 e. The van der Waals surface area contributed by atoms with Gasteiger partial charge < -0.3 is 5.32 Å². The fourth-order valence-corrected chi connectivity index (χ4v) is 5.73. The van der Waals surface area contributed by atoms with Gasteiger partial charge in [-0.1, -0.05) is 115 Å². The highest BCUT2D eigenvalue weighted by atomic mass is 32.1. The van der Waals surface area contributed by atoms with E-state index in [9.17, 15) is 0 Å². The molecule has 4 atom stereocenters. The third-order valence-electron chi connectivity index (χ3n) is 7.53. The molecule has 2 heteroatoms. The Kier molecular flexibility index (Phi) is 15.5. The number of nitrogens with one attached hydrogen (secondary N) is 1. The summed E-state index contributed by atoms with van der Waals surface area (Å²) in [4.78, 5) is 2.67. The Labute approximate surface area is 246 Å². The summed E-state index contributed by atoms with van der Waals surface area (Å²) in [6.07, 6.45) is 20.5. The molecular formula is C37H57NS. The second-order valence-corrected chi connectivity index (χ2v) is 13.3. The van der Waals surface area contributed by atoms with Crippen LogP contribution < -0.4 is 5.32 Å². The molecule has 0 amide bonds. The summed E-state index contributed by atoms with van der Waals surface area (Å²) in [6, 6.07) is 4.49. The largest absolute Gasteiger partial charge is 0.384 e. The fraction of sp³-hybridized carbons (Fsp3) is 0.514. The molecule has 2 aliphatic rings. The topological polar surface area (TPSA) is 12.0 Å². The molecule has 3 rings (SSSR count). The van der Waals surface area contributed by atoms with Gasteiger partial charge in [-0.3, -0.25) is 0 Å². The molecule has 0 radical (unpaired) electrons. The fourth-order valence-electron chi connectivity index (χ4n) is 4.72. The second kappa shape index (κ2) is 17.4. The molecule has 0 aliphatic heterocycles. The Balaban J connectivity index is 0.00000116. The lowest BCUT2D eigenvalue weighted by atomic mass is 9.73. The molecule has 39 heavy (non-hydrogen) atoms. The van der Waals surface area contributed by atoms with Gasteiger partial charge in [0, 0.05) is 27.9 Å². The Hall–Kier alpha value is -2.32. The summed E-state index contributed by atoms with van der Waals surface area (Å²) in [5.41, 5.74) is 5.52. The summed E-state index contributed by atoms with van der Waals surface area (Å²) >= 11 is 1.87. The van der Waals surface area contributed by atoms with Gasteiger partial charge >= 0.3 is 0 Å². The Bertz CT molecular complexity index is 1020. The van der Waals surface area contributed by atoms with Gasteiger partial charge in [0.05, 0.1) is 0 Å². The van der Waals surface area contributed by atoms with Crippen LogP contribution in [-0.4, -0.2) is 6.54 Å². The van der Waals surface area contributed by atoms with E-state index in [1.165, 1.54) is 39.3 Å². The number of thiophene rings is 1. The predicted molar refractivity (Wildman–Crippen MR) is 180 cm³/mol. The smallest absolute Gasteiger partial charge is 0.0498 e. The molecule has 1 heterocycles. The number of hydrogen-bond donors (Lipinski definition) is 1. The van der Waals surface area contributed by atoms with Gasteiger partial charge in [0.1, 0.15) is 0 Å². The maximum absolute atomic E-state index is 4.23. The third kappa shape index (κ3) is 11.8. The van der Waals surface area contributed by atoms with Crippen molar-refractivity contribution in [2.75, 3.05) is 6.54 Å². The van der Waals surface area contributed by atoms with Crippen LogP contribution in [0, 0.1) is 23.2 Å². The highest BCUT2D eigenvalue weighted by molar-refractivity contribution is 7.13. The molecule has 0 aromatic carbocycles. The van der Waals surface area contributed by atoms with E-state index in [2.05, 4.69) is 136 Å². The SMILES string of the molecule is C=C.C=C(C)CCNC(=C)c1ccc(C(C)CC2=CC(C)C(C3=CCC(C(C)(C)C)C=C3)C=C2)s1.CCCC. The Morgan fingerprint density at radius 3 is 2.26 bits per heavy atom. The average Bonchev–Trinajstić information content (AvgIpc) is 3.40. The van der Waals surface area contributed by atoms with Crippen molar-refractivity contribution in [3.8, 4) is 0 Å². The molecule has 1 aromatic rings. The molecular weight excluding hydrogens is 490 g/mol. The van der Waals surface area contributed by atoms with Crippen LogP contribution in [0.4, 0.5) is 0 Å². The van der Waals surface area contributed by atoms with Crippen molar-refractivity contribution in [3.05, 3.63) is 101 Å². The molecule has 1 nitrogen and oxygen atoms in total. The molecule has 0 fully saturated rings. The van der Waals surface area contributed by atoms with Crippen molar-refractivity contribution in [2.45, 2.75) is 93.4 Å². The van der Waals surface area contributed by atoms with E-state index in [0.717, 1.165) is 31.5 Å². The number of unbranched alkanes of at least 4 members (excludes halogenated alkanes) is 1. The van der Waals surface area contributed by atoms with E-state index in [-0.39, 0.29) is 0 Å². The normalized spacial score (nSPS) is 20.9. The van der Waals surface area contributed by atoms with E-state index < -0.39 is 0 Å². The zero-order chi connectivity index (χ0) is 29.6. The van der Waals surface area contributed by atoms with Crippen molar-refractivity contribution in [3.63, 3.8) is 0 Å². The molecule has 216 valence electrons. The van der Waals surface area contributed by atoms with Gasteiger partial charge in [-0.2, -0.15) is 0 Å². The lowest BCUT2D eigenvalue weighted by molar-refractivity contribution is 0.292. The molecule has 2 aliphatic carbocycles. The molecule has 0 saturated heterocycles. The summed E-state index contributed by atoms with van der Waals surface area (Å²) in [5, 5.41) is 3.44. The molecule has 0 saturated carbocycles. The Morgan fingerprint density at radius 2 is 1.74 bits per heavy atom. The first-order valence-corrected chi connectivity index (χ1v) is 15.7. The number of hydrogen-bond acceptors (Lipinski definition) is 2. The van der Waals surface area contributed by atoms with E-state index in [1.807, 2.05) is 11.3 Å². The van der Waals surface area contributed by atoms with Crippen molar-refractivity contribution in [2.24, 2.45) is 23.2 Å². The van der Waals surface area contributed by atoms with Crippen LogP contribution in [0.2, 0.25) is 0 Å². The standard InChI is InChI=1S/C31H43NS.C4H10.C2H4/c1-21(2)17-18-32-24(5)30-16-15-29(33-30)23(4)20-25-9-14-28(22(3)19-25)26-10-12-27(13-11-26)31(6,7)8;1-3-4-2;1-2/h9-12,14-16,19,22-23,27-28,32H,1,5,13,17-18,20H2,2-4,6-8H3;3-4H2,1-2H3;1-2H2. The minimum atomic E-state index is 0.338. The average molecular weight is 548 g/mol. The van der Waals surface area contributed by atoms with Crippen LogP contribution in [0.5, 0.6) is 0 Å². The molecule has 4 unspecified atom stereocenters. The van der Waals surface area contributed by atoms with E-state index in [1.54, 1.807) is 0 Å². The number of allylic oxidation sites excluding steroid dienone is 8. The molecule has 1 N–H and O–H groups in total. The zero-order valence-electron chi connectivity index (χ0n) is 26.4. The second-order valence-electron chi connectivity index (χ2n) is 12.2. The lowest BCUT2D eigenvalue weighted by Gasteiger charge is -2.32. The first-order chi connectivity index (χ1) is 18.5. The summed E-state index contributed by atoms with van der Waals surface area (Å²) in [5.74, 6) is 2.19. The molecule has 0 bridgehead atoms. The van der Waals surface area contributed by atoms with Gasteiger partial charge in [0.2, 0.25) is 0 Å². The van der Waals surface area contributed by atoms with Gasteiger partial charge in [0.15, 0.2) is 0 Å². The van der Waals surface area contributed by atoms with Gasteiger partial charge in [-0.05, 0) is 67.1 Å². The van der Waals surface area contributed by atoms with Crippen LogP contribution in [0.1, 0.15) is 103 Å². The summed E-state index contributed by atoms with van der Waals surface area (Å²) in [7, 11) is 0. The monoisotopic (exact) mass is 547 g/mol. The number of rotatable bonds is 10. The maximum Gasteiger partial charge on any atom is 0.0498 e. The first kappa shape index (κ1) is 34.7. The van der Waals surface area contributed by atoms with E-state index in [0.29, 0.717) is 29.1 Å². The van der Waals surface area contributed by atoms with Crippen molar-refractivity contribution in [1.29, 1.82) is 0 Å². The van der Waals surface area contributed by atoms with E-state index in [4.69, 9.17) is 0 Å². The van der Waals surface area contributed by atoms with Crippen molar-refractivity contribution < 1.29 is 0 Å². The molecule has 1 aromatic heterocycles. The van der Waals surface area contributed by atoms with Crippen LogP contribution >= 0.6 is 11.3 Å². The predicted octanol–water partition coefficient (Wildman–Crippen LogP) is 11.7. The van der Waals surface area contributed by atoms with Crippen LogP contribution in [-0.2, 0) is 0 Å². The highest BCUT2D eigenvalue weighted by Crippen LogP contribution is 2.39. The maximum atomic E-state index is 4.23. The zero-order valence-corrected chi connectivity index (χ0v) is 27.2. The van der Waals surface area contributed by atoms with Crippen molar-refractivity contribution >= 4 is 17.0 Å². The quantitative estimate of drug-likeness (QED) is 0.287. The van der Waals surface area contributed by atoms with Gasteiger partial charge in [-0.15, -0.1) is 31.1 Å². The van der Waals surface area contributed by atoms with Crippen molar-refractivity contribution in [1.82, 2.24) is 5.32 Å². The van der Waals surface area contributed by atoms with Gasteiger partial charge in [-0.25, -0.2) is 0 Å². The van der Waals surface area contributed by atoms with Crippen LogP contribution in [0.25, 0.3) is 5.70 Å². The van der Waals surface area contributed by atoms with Gasteiger partial charge in [0.25, 0.3) is 0 Å². The molecule has 0 spiro atoms. The van der Waals surface area contributed by atoms with E-state index >= 15 is 0 Å². The first-order valence-electron chi connectivity index (χ1n) is 14.9. The summed E-state index contributed by atoms with van der Waals surface area (Å²) in [6.45, 7) is 33.3. The Morgan fingerprint density at radius 1 is 1.08 bits per heavy atom. The third-order valence-corrected chi connectivity index (χ3v) is 8.91. The minimum absolute atomic E-state index is 0.338. The lowest BCUT2D eigenvalue weighted by Crippen LogP contribution is -2.21. The van der Waals surface area contributed by atoms with Crippen LogP contribution in [0.15, 0.2) is 91.6 Å². The summed E-state index contributed by atoms with van der Waals surface area (Å²) < 4.78 is 0. The van der Waals surface area contributed by atoms with Crippen LogP contribution in [0.3, 0.4) is 0 Å². The highest BCUT2D eigenvalue weighted by Gasteiger charge is 2.26.